The summed E-state index contributed by atoms with van der Waals surface area (Å²) >= 11 is 0. The predicted octanol–water partition coefficient (Wildman–Crippen LogP) is 3.39. The number of aryl methyl sites for hydroxylation is 1. The SMILES string of the molecule is Cc1ccc(C(=O)NC(CC(=O)NCCC2CCNC2)c2ccccc2)cc1.Cl. The van der Waals surface area contributed by atoms with Crippen LogP contribution >= 0.6 is 12.4 Å². The normalized spacial score (nSPS) is 16.5. The first-order chi connectivity index (χ1) is 13.6. The molecule has 6 heteroatoms. The van der Waals surface area contributed by atoms with Gasteiger partial charge in [-0.1, -0.05) is 48.0 Å². The van der Waals surface area contributed by atoms with Gasteiger partial charge >= 0.3 is 0 Å². The summed E-state index contributed by atoms with van der Waals surface area (Å²) in [6.45, 7) is 4.77. The van der Waals surface area contributed by atoms with Crippen molar-refractivity contribution >= 4 is 24.2 Å². The Morgan fingerprint density at radius 2 is 1.83 bits per heavy atom. The molecule has 0 bridgehead atoms. The summed E-state index contributed by atoms with van der Waals surface area (Å²) in [5, 5.41) is 9.38. The molecule has 2 atom stereocenters. The molecule has 1 fully saturated rings. The summed E-state index contributed by atoms with van der Waals surface area (Å²) < 4.78 is 0. The number of carbonyl (C=O) groups excluding carboxylic acids is 2. The number of carbonyl (C=O) groups is 2. The van der Waals surface area contributed by atoms with Crippen LogP contribution in [0.1, 0.15) is 46.8 Å². The van der Waals surface area contributed by atoms with Gasteiger partial charge in [0.05, 0.1) is 12.5 Å². The second kappa shape index (κ2) is 11.6. The van der Waals surface area contributed by atoms with E-state index < -0.39 is 0 Å². The summed E-state index contributed by atoms with van der Waals surface area (Å²) in [5.74, 6) is 0.439. The van der Waals surface area contributed by atoms with E-state index in [9.17, 15) is 9.59 Å². The van der Waals surface area contributed by atoms with Gasteiger partial charge in [0.25, 0.3) is 5.91 Å². The van der Waals surface area contributed by atoms with Crippen LogP contribution in [0.15, 0.2) is 54.6 Å². The summed E-state index contributed by atoms with van der Waals surface area (Å²) in [6, 6.07) is 16.7. The van der Waals surface area contributed by atoms with Gasteiger partial charge in [0.1, 0.15) is 0 Å². The molecule has 156 valence electrons. The topological polar surface area (TPSA) is 70.2 Å². The highest BCUT2D eigenvalue weighted by atomic mass is 35.5. The molecule has 2 amide bonds. The summed E-state index contributed by atoms with van der Waals surface area (Å²) in [7, 11) is 0. The fourth-order valence-electron chi connectivity index (χ4n) is 3.52. The first kappa shape index (κ1) is 22.9. The van der Waals surface area contributed by atoms with Crippen molar-refractivity contribution in [3.05, 3.63) is 71.3 Å². The fourth-order valence-corrected chi connectivity index (χ4v) is 3.52. The number of benzene rings is 2. The molecule has 0 radical (unpaired) electrons. The van der Waals surface area contributed by atoms with Crippen LogP contribution in [-0.2, 0) is 4.79 Å². The Balaban J connectivity index is 0.00000300. The van der Waals surface area contributed by atoms with E-state index >= 15 is 0 Å². The highest BCUT2D eigenvalue weighted by Gasteiger charge is 2.20. The van der Waals surface area contributed by atoms with Gasteiger partial charge in [-0.2, -0.15) is 0 Å². The lowest BCUT2D eigenvalue weighted by atomic mass is 10.0. The third-order valence-electron chi connectivity index (χ3n) is 5.25. The van der Waals surface area contributed by atoms with Gasteiger partial charge in [-0.25, -0.2) is 0 Å². The maximum absolute atomic E-state index is 12.7. The zero-order valence-corrected chi connectivity index (χ0v) is 17.6. The van der Waals surface area contributed by atoms with E-state index in [2.05, 4.69) is 16.0 Å². The Bertz CT molecular complexity index is 774. The van der Waals surface area contributed by atoms with E-state index in [-0.39, 0.29) is 36.7 Å². The monoisotopic (exact) mass is 415 g/mol. The number of hydrogen-bond acceptors (Lipinski definition) is 3. The molecule has 5 nitrogen and oxygen atoms in total. The van der Waals surface area contributed by atoms with Crippen LogP contribution in [-0.4, -0.2) is 31.4 Å². The molecule has 29 heavy (non-hydrogen) atoms. The van der Waals surface area contributed by atoms with E-state index in [0.717, 1.165) is 30.6 Å². The standard InChI is InChI=1S/C23H29N3O2.ClH/c1-17-7-9-20(10-8-17)23(28)26-21(19-5-3-2-4-6-19)15-22(27)25-14-12-18-11-13-24-16-18;/h2-10,18,21,24H,11-16H2,1H3,(H,25,27)(H,26,28);1H. The van der Waals surface area contributed by atoms with Crippen molar-refractivity contribution in [3.63, 3.8) is 0 Å². The molecule has 3 rings (SSSR count). The molecular weight excluding hydrogens is 386 g/mol. The van der Waals surface area contributed by atoms with Crippen LogP contribution in [0, 0.1) is 12.8 Å². The predicted molar refractivity (Wildman–Crippen MR) is 118 cm³/mol. The third-order valence-corrected chi connectivity index (χ3v) is 5.25. The van der Waals surface area contributed by atoms with Gasteiger partial charge in [-0.15, -0.1) is 12.4 Å². The van der Waals surface area contributed by atoms with Gasteiger partial charge in [0, 0.05) is 12.1 Å². The molecule has 2 aromatic carbocycles. The maximum Gasteiger partial charge on any atom is 0.251 e. The zero-order chi connectivity index (χ0) is 19.8. The van der Waals surface area contributed by atoms with Gasteiger partial charge in [-0.05, 0) is 56.5 Å². The average Bonchev–Trinajstić information content (AvgIpc) is 3.22. The number of nitrogens with one attached hydrogen (secondary N) is 3. The molecule has 0 aromatic heterocycles. The highest BCUT2D eigenvalue weighted by molar-refractivity contribution is 5.94. The van der Waals surface area contributed by atoms with Gasteiger partial charge in [0.2, 0.25) is 5.91 Å². The number of amides is 2. The lowest BCUT2D eigenvalue weighted by Crippen LogP contribution is -2.34. The van der Waals surface area contributed by atoms with Crippen molar-refractivity contribution in [2.45, 2.75) is 32.2 Å². The van der Waals surface area contributed by atoms with Crippen LogP contribution < -0.4 is 16.0 Å². The van der Waals surface area contributed by atoms with Crippen molar-refractivity contribution in [2.24, 2.45) is 5.92 Å². The van der Waals surface area contributed by atoms with E-state index in [1.54, 1.807) is 0 Å². The summed E-state index contributed by atoms with van der Waals surface area (Å²) in [6.07, 6.45) is 2.39. The van der Waals surface area contributed by atoms with Crippen LogP contribution in [0.3, 0.4) is 0 Å². The molecule has 1 aliphatic rings. The van der Waals surface area contributed by atoms with Gasteiger partial charge in [0.15, 0.2) is 0 Å². The second-order valence-electron chi connectivity index (χ2n) is 7.50. The Labute approximate surface area is 179 Å². The largest absolute Gasteiger partial charge is 0.356 e. The first-order valence-electron chi connectivity index (χ1n) is 10.0. The molecule has 3 N–H and O–H groups in total. The van der Waals surface area contributed by atoms with Crippen LogP contribution in [0.2, 0.25) is 0 Å². The molecule has 2 unspecified atom stereocenters. The van der Waals surface area contributed by atoms with Gasteiger partial charge in [-0.3, -0.25) is 9.59 Å². The lowest BCUT2D eigenvalue weighted by Gasteiger charge is -2.19. The zero-order valence-electron chi connectivity index (χ0n) is 16.8. The lowest BCUT2D eigenvalue weighted by molar-refractivity contribution is -0.121. The van der Waals surface area contributed by atoms with E-state index in [1.165, 1.54) is 6.42 Å². The molecule has 1 saturated heterocycles. The fraction of sp³-hybridized carbons (Fsp3) is 0.391. The smallest absolute Gasteiger partial charge is 0.251 e. The summed E-state index contributed by atoms with van der Waals surface area (Å²) in [5.41, 5.74) is 2.63. The Kier molecular flexibility index (Phi) is 9.16. The van der Waals surface area contributed by atoms with Gasteiger partial charge < -0.3 is 16.0 Å². The second-order valence-corrected chi connectivity index (χ2v) is 7.50. The molecule has 1 heterocycles. The first-order valence-corrected chi connectivity index (χ1v) is 10.0. The van der Waals surface area contributed by atoms with Crippen molar-refractivity contribution < 1.29 is 9.59 Å². The molecule has 2 aromatic rings. The quantitative estimate of drug-likeness (QED) is 0.618. The van der Waals surface area contributed by atoms with Crippen LogP contribution in [0.25, 0.3) is 0 Å². The van der Waals surface area contributed by atoms with E-state index in [4.69, 9.17) is 0 Å². The van der Waals surface area contributed by atoms with Crippen molar-refractivity contribution in [2.75, 3.05) is 19.6 Å². The van der Waals surface area contributed by atoms with Crippen molar-refractivity contribution in [1.82, 2.24) is 16.0 Å². The Hall–Kier alpha value is -2.37. The highest BCUT2D eigenvalue weighted by Crippen LogP contribution is 2.18. The molecule has 0 spiro atoms. The molecular formula is C23H30ClN3O2. The molecule has 0 aliphatic carbocycles. The van der Waals surface area contributed by atoms with E-state index in [1.807, 2.05) is 61.5 Å². The molecule has 0 saturated carbocycles. The van der Waals surface area contributed by atoms with Crippen LogP contribution in [0.4, 0.5) is 0 Å². The van der Waals surface area contributed by atoms with Crippen molar-refractivity contribution in [1.29, 1.82) is 0 Å². The molecule has 1 aliphatic heterocycles. The Morgan fingerprint density at radius 3 is 2.48 bits per heavy atom. The summed E-state index contributed by atoms with van der Waals surface area (Å²) in [4.78, 5) is 25.1. The van der Waals surface area contributed by atoms with Crippen LogP contribution in [0.5, 0.6) is 0 Å². The minimum Gasteiger partial charge on any atom is -0.356 e. The number of rotatable bonds is 8. The average molecular weight is 416 g/mol. The minimum atomic E-state index is -0.358. The van der Waals surface area contributed by atoms with Crippen molar-refractivity contribution in [3.8, 4) is 0 Å². The van der Waals surface area contributed by atoms with E-state index in [0.29, 0.717) is 18.0 Å². The number of halogens is 1. The maximum atomic E-state index is 12.7. The number of hydrogen-bond donors (Lipinski definition) is 3. The Morgan fingerprint density at radius 1 is 1.10 bits per heavy atom. The third kappa shape index (κ3) is 7.18. The minimum absolute atomic E-state index is 0.